The molecule has 112 valence electrons. The predicted molar refractivity (Wildman–Crippen MR) is 81.7 cm³/mol. The summed E-state index contributed by atoms with van der Waals surface area (Å²) in [5, 5.41) is 0.636. The van der Waals surface area contributed by atoms with Crippen LogP contribution in [-0.2, 0) is 16.1 Å². The van der Waals surface area contributed by atoms with Crippen LogP contribution >= 0.6 is 11.6 Å². The molecule has 2 bridgehead atoms. The Morgan fingerprint density at radius 1 is 1.05 bits per heavy atom. The fourth-order valence-electron chi connectivity index (χ4n) is 4.99. The molecule has 6 rings (SSSR count). The number of nitrogens with zero attached hydrogens (tertiary/aromatic N) is 1. The van der Waals surface area contributed by atoms with Crippen molar-refractivity contribution in [2.45, 2.75) is 13.0 Å². The molecule has 4 heteroatoms. The van der Waals surface area contributed by atoms with Gasteiger partial charge in [0.25, 0.3) is 0 Å². The molecule has 0 aromatic heterocycles. The molecule has 1 heterocycles. The van der Waals surface area contributed by atoms with E-state index in [1.54, 1.807) is 6.07 Å². The van der Waals surface area contributed by atoms with Crippen molar-refractivity contribution in [3.63, 3.8) is 0 Å². The van der Waals surface area contributed by atoms with Gasteiger partial charge in [0.15, 0.2) is 0 Å². The number of hydrogen-bond acceptors (Lipinski definition) is 2. The number of amides is 2. The maximum Gasteiger partial charge on any atom is 0.234 e. The highest BCUT2D eigenvalue weighted by Crippen LogP contribution is 2.65. The third kappa shape index (κ3) is 1.58. The maximum absolute atomic E-state index is 12.8. The van der Waals surface area contributed by atoms with Gasteiger partial charge in [0.1, 0.15) is 0 Å². The number of rotatable bonds is 2. The monoisotopic (exact) mass is 313 g/mol. The lowest BCUT2D eigenvalue weighted by atomic mass is 9.63. The minimum absolute atomic E-state index is 0.0275. The summed E-state index contributed by atoms with van der Waals surface area (Å²) >= 11 is 6.01. The van der Waals surface area contributed by atoms with Crippen LogP contribution in [0.3, 0.4) is 0 Å². The minimum Gasteiger partial charge on any atom is -0.278 e. The first-order valence-electron chi connectivity index (χ1n) is 7.93. The van der Waals surface area contributed by atoms with Gasteiger partial charge < -0.3 is 0 Å². The Morgan fingerprint density at radius 2 is 1.68 bits per heavy atom. The fraction of sp³-hybridized carbons (Fsp3) is 0.444. The lowest BCUT2D eigenvalue weighted by Crippen LogP contribution is -2.40. The maximum atomic E-state index is 12.8. The molecule has 1 aromatic rings. The molecule has 3 fully saturated rings. The molecule has 1 aromatic carbocycles. The number of likely N-dealkylation sites (tertiary alicyclic amines) is 1. The molecule has 5 aliphatic rings. The number of carbonyl (C=O) groups is 2. The standard InChI is InChI=1S/C18H16ClNO2/c19-10-3-1-2-9(6-10)8-20-17(21)15-11-4-5-12(14-7-13(11)14)16(15)18(20)22/h1-6,11-16H,7-8H2/t11-,12-,13-,14+,15+,16+/m0/s1. The van der Waals surface area contributed by atoms with E-state index in [-0.39, 0.29) is 23.7 Å². The molecule has 2 saturated carbocycles. The molecule has 0 unspecified atom stereocenters. The van der Waals surface area contributed by atoms with E-state index in [1.807, 2.05) is 18.2 Å². The molecule has 1 saturated heterocycles. The highest BCUT2D eigenvalue weighted by molar-refractivity contribution is 6.30. The Balaban J connectivity index is 1.47. The Labute approximate surface area is 133 Å². The van der Waals surface area contributed by atoms with E-state index >= 15 is 0 Å². The number of hydrogen-bond donors (Lipinski definition) is 0. The van der Waals surface area contributed by atoms with Gasteiger partial charge in [-0.15, -0.1) is 0 Å². The van der Waals surface area contributed by atoms with Crippen molar-refractivity contribution >= 4 is 23.4 Å². The van der Waals surface area contributed by atoms with Crippen LogP contribution in [-0.4, -0.2) is 16.7 Å². The second-order valence-electron chi connectivity index (χ2n) is 7.05. The molecular weight excluding hydrogens is 298 g/mol. The van der Waals surface area contributed by atoms with E-state index in [0.29, 0.717) is 35.2 Å². The molecular formula is C18H16ClNO2. The Bertz CT molecular complexity index is 692. The van der Waals surface area contributed by atoms with Crippen molar-refractivity contribution in [3.05, 3.63) is 47.0 Å². The molecule has 6 atom stereocenters. The fourth-order valence-corrected chi connectivity index (χ4v) is 5.21. The molecule has 2 amide bonds. The molecule has 0 radical (unpaired) electrons. The first-order chi connectivity index (χ1) is 10.6. The average Bonchev–Trinajstić information content (AvgIpc) is 3.29. The van der Waals surface area contributed by atoms with Crippen molar-refractivity contribution in [2.75, 3.05) is 0 Å². The number of halogens is 1. The summed E-state index contributed by atoms with van der Waals surface area (Å²) in [5.41, 5.74) is 0.915. The average molecular weight is 314 g/mol. The van der Waals surface area contributed by atoms with Gasteiger partial charge in [-0.1, -0.05) is 35.9 Å². The molecule has 3 nitrogen and oxygen atoms in total. The third-order valence-electron chi connectivity index (χ3n) is 5.98. The highest BCUT2D eigenvalue weighted by atomic mass is 35.5. The van der Waals surface area contributed by atoms with E-state index in [1.165, 1.54) is 11.3 Å². The number of benzene rings is 1. The Kier molecular flexibility index (Phi) is 2.48. The zero-order chi connectivity index (χ0) is 15.0. The smallest absolute Gasteiger partial charge is 0.234 e. The summed E-state index contributed by atoms with van der Waals surface area (Å²) < 4.78 is 0. The van der Waals surface area contributed by atoms with Crippen LogP contribution in [0.1, 0.15) is 12.0 Å². The van der Waals surface area contributed by atoms with E-state index < -0.39 is 0 Å². The second-order valence-corrected chi connectivity index (χ2v) is 7.48. The normalized spacial score (nSPS) is 40.9. The largest absolute Gasteiger partial charge is 0.278 e. The summed E-state index contributed by atoms with van der Waals surface area (Å²) in [6.07, 6.45) is 5.60. The van der Waals surface area contributed by atoms with Gasteiger partial charge in [0.05, 0.1) is 18.4 Å². The quantitative estimate of drug-likeness (QED) is 0.622. The highest BCUT2D eigenvalue weighted by Gasteiger charge is 2.66. The predicted octanol–water partition coefficient (Wildman–Crippen LogP) is 2.89. The molecule has 0 spiro atoms. The van der Waals surface area contributed by atoms with Crippen molar-refractivity contribution < 1.29 is 9.59 Å². The second kappa shape index (κ2) is 4.23. The summed E-state index contributed by atoms with van der Waals surface area (Å²) in [5.74, 6) is 1.73. The van der Waals surface area contributed by atoms with Gasteiger partial charge in [-0.25, -0.2) is 0 Å². The van der Waals surface area contributed by atoms with Crippen molar-refractivity contribution in [1.29, 1.82) is 0 Å². The van der Waals surface area contributed by atoms with E-state index in [0.717, 1.165) is 5.56 Å². The first-order valence-corrected chi connectivity index (χ1v) is 8.31. The zero-order valence-electron chi connectivity index (χ0n) is 12.0. The first kappa shape index (κ1) is 12.9. The third-order valence-corrected chi connectivity index (χ3v) is 6.22. The van der Waals surface area contributed by atoms with Gasteiger partial charge in [0, 0.05) is 5.02 Å². The van der Waals surface area contributed by atoms with Crippen LogP contribution in [0, 0.1) is 35.5 Å². The van der Waals surface area contributed by atoms with Crippen LogP contribution in [0.5, 0.6) is 0 Å². The number of carbonyl (C=O) groups excluding carboxylic acids is 2. The molecule has 4 aliphatic carbocycles. The summed E-state index contributed by atoms with van der Waals surface area (Å²) in [6.45, 7) is 0.347. The van der Waals surface area contributed by atoms with Crippen molar-refractivity contribution in [2.24, 2.45) is 35.5 Å². The Morgan fingerprint density at radius 3 is 2.27 bits per heavy atom. The summed E-state index contributed by atoms with van der Waals surface area (Å²) in [6, 6.07) is 7.40. The van der Waals surface area contributed by atoms with E-state index in [4.69, 9.17) is 11.6 Å². The van der Waals surface area contributed by atoms with Crippen LogP contribution in [0.4, 0.5) is 0 Å². The van der Waals surface area contributed by atoms with Crippen LogP contribution in [0.15, 0.2) is 36.4 Å². The lowest BCUT2D eigenvalue weighted by Gasteiger charge is -2.37. The van der Waals surface area contributed by atoms with Gasteiger partial charge in [-0.2, -0.15) is 0 Å². The van der Waals surface area contributed by atoms with Crippen molar-refractivity contribution in [3.8, 4) is 0 Å². The number of imide groups is 1. The molecule has 1 aliphatic heterocycles. The van der Waals surface area contributed by atoms with Crippen LogP contribution in [0.25, 0.3) is 0 Å². The topological polar surface area (TPSA) is 37.4 Å². The molecule has 0 N–H and O–H groups in total. The van der Waals surface area contributed by atoms with Gasteiger partial charge in [-0.3, -0.25) is 14.5 Å². The van der Waals surface area contributed by atoms with Gasteiger partial charge in [-0.05, 0) is 47.8 Å². The van der Waals surface area contributed by atoms with Crippen LogP contribution < -0.4 is 0 Å². The van der Waals surface area contributed by atoms with Crippen LogP contribution in [0.2, 0.25) is 5.02 Å². The molecule has 22 heavy (non-hydrogen) atoms. The summed E-state index contributed by atoms with van der Waals surface area (Å²) in [4.78, 5) is 27.1. The van der Waals surface area contributed by atoms with Gasteiger partial charge >= 0.3 is 0 Å². The van der Waals surface area contributed by atoms with E-state index in [9.17, 15) is 9.59 Å². The lowest BCUT2D eigenvalue weighted by molar-refractivity contribution is -0.140. The SMILES string of the molecule is O=C1[C@@H]2[C@H]3C=C[C@@H]([C@@H]4C[C@H]34)[C@H]2C(=O)N1Cc1cccc(Cl)c1. The zero-order valence-corrected chi connectivity index (χ0v) is 12.7. The Hall–Kier alpha value is -1.61. The van der Waals surface area contributed by atoms with Crippen molar-refractivity contribution in [1.82, 2.24) is 4.90 Å². The minimum atomic E-state index is -0.106. The summed E-state index contributed by atoms with van der Waals surface area (Å²) in [7, 11) is 0. The van der Waals surface area contributed by atoms with Gasteiger partial charge in [0.2, 0.25) is 11.8 Å². The number of allylic oxidation sites excluding steroid dienone is 2. The van der Waals surface area contributed by atoms with E-state index in [2.05, 4.69) is 12.2 Å².